The van der Waals surface area contributed by atoms with E-state index in [2.05, 4.69) is 10.1 Å². The second-order valence-electron chi connectivity index (χ2n) is 7.01. The third-order valence-electron chi connectivity index (χ3n) is 4.97. The van der Waals surface area contributed by atoms with E-state index in [1.54, 1.807) is 53.3 Å². The molecular weight excluding hydrogens is 423 g/mol. The first-order valence-electron chi connectivity index (χ1n) is 9.34. The van der Waals surface area contributed by atoms with Gasteiger partial charge in [-0.15, -0.1) is 0 Å². The van der Waals surface area contributed by atoms with Crippen molar-refractivity contribution >= 4 is 23.1 Å². The molecule has 0 bridgehead atoms. The Balaban J connectivity index is 1.65. The fourth-order valence-corrected chi connectivity index (χ4v) is 3.20. The molecule has 4 aromatic rings. The molecule has 0 saturated carbocycles. The lowest BCUT2D eigenvalue weighted by molar-refractivity contribution is -0.137. The Morgan fingerprint density at radius 1 is 1.00 bits per heavy atom. The van der Waals surface area contributed by atoms with Crippen molar-refractivity contribution in [2.45, 2.75) is 6.18 Å². The number of hydrogen-bond acceptors (Lipinski definition) is 4. The molecule has 0 fully saturated rings. The summed E-state index contributed by atoms with van der Waals surface area (Å²) in [6.45, 7) is 0. The van der Waals surface area contributed by atoms with Crippen LogP contribution in [0.25, 0.3) is 16.6 Å². The molecule has 4 rings (SSSR count). The van der Waals surface area contributed by atoms with Gasteiger partial charge in [-0.3, -0.25) is 14.5 Å². The minimum absolute atomic E-state index is 0.0821. The predicted molar refractivity (Wildman–Crippen MR) is 111 cm³/mol. The number of nitrogens with zero attached hydrogens (tertiary/aromatic N) is 4. The van der Waals surface area contributed by atoms with Crippen molar-refractivity contribution in [1.82, 2.24) is 14.6 Å². The number of nitrogens with two attached hydrogens (primary N) is 1. The van der Waals surface area contributed by atoms with Crippen LogP contribution in [0, 0.1) is 0 Å². The summed E-state index contributed by atoms with van der Waals surface area (Å²) in [4.78, 5) is 29.2. The Labute approximate surface area is 179 Å². The number of carbonyl (C=O) groups excluding carboxylic acids is 2. The van der Waals surface area contributed by atoms with Crippen molar-refractivity contribution in [3.05, 3.63) is 83.8 Å². The molecule has 0 aliphatic carbocycles. The Bertz CT molecular complexity index is 1310. The zero-order chi connectivity index (χ0) is 23.0. The van der Waals surface area contributed by atoms with E-state index in [1.807, 2.05) is 0 Å². The molecule has 0 atom stereocenters. The van der Waals surface area contributed by atoms with Crippen molar-refractivity contribution < 1.29 is 22.8 Å². The van der Waals surface area contributed by atoms with Gasteiger partial charge in [0.15, 0.2) is 0 Å². The number of halogens is 3. The third-order valence-corrected chi connectivity index (χ3v) is 4.97. The van der Waals surface area contributed by atoms with E-state index in [9.17, 15) is 22.8 Å². The van der Waals surface area contributed by atoms with E-state index in [4.69, 9.17) is 5.73 Å². The summed E-state index contributed by atoms with van der Waals surface area (Å²) >= 11 is 0. The fourth-order valence-electron chi connectivity index (χ4n) is 3.20. The van der Waals surface area contributed by atoms with E-state index in [0.717, 1.165) is 23.3 Å². The molecule has 2 N–H and O–H groups in total. The van der Waals surface area contributed by atoms with Crippen molar-refractivity contribution in [3.8, 4) is 11.1 Å². The van der Waals surface area contributed by atoms with E-state index >= 15 is 0 Å². The normalized spacial score (nSPS) is 11.5. The number of aromatic nitrogens is 3. The number of fused-ring (bicyclic) bond motifs is 1. The van der Waals surface area contributed by atoms with Gasteiger partial charge in [-0.05, 0) is 42.0 Å². The Kier molecular flexibility index (Phi) is 5.13. The lowest BCUT2D eigenvalue weighted by atomic mass is 10.0. The molecule has 10 heteroatoms. The van der Waals surface area contributed by atoms with Crippen molar-refractivity contribution in [3.63, 3.8) is 0 Å². The number of primary amides is 1. The van der Waals surface area contributed by atoms with Gasteiger partial charge in [0.05, 0.1) is 17.3 Å². The number of anilines is 1. The first-order valence-corrected chi connectivity index (χ1v) is 9.34. The zero-order valence-corrected chi connectivity index (χ0v) is 16.7. The van der Waals surface area contributed by atoms with Crippen molar-refractivity contribution in [2.75, 3.05) is 11.9 Å². The predicted octanol–water partition coefficient (Wildman–Crippen LogP) is 3.79. The molecule has 7 nitrogen and oxygen atoms in total. The standard InChI is InChI=1S/C22H16F3N5O2/c1-29(19-7-6-16(11-27-19)22(23,24)25)21(32)15-8-9-30-18(10-15)17(12-28-30)13-2-4-14(5-3-13)20(26)31/h2-12H,1H3,(H2,26,31). The Hall–Kier alpha value is -4.21. The van der Waals surface area contributed by atoms with E-state index in [1.165, 1.54) is 11.9 Å². The molecule has 32 heavy (non-hydrogen) atoms. The van der Waals surface area contributed by atoms with Crippen LogP contribution < -0.4 is 10.6 Å². The maximum Gasteiger partial charge on any atom is 0.417 e. The second-order valence-corrected chi connectivity index (χ2v) is 7.01. The van der Waals surface area contributed by atoms with Crippen LogP contribution in [0.2, 0.25) is 0 Å². The molecule has 0 spiro atoms. The van der Waals surface area contributed by atoms with Crippen LogP contribution in [-0.4, -0.2) is 33.5 Å². The first-order chi connectivity index (χ1) is 15.1. The van der Waals surface area contributed by atoms with Gasteiger partial charge in [-0.1, -0.05) is 12.1 Å². The number of amides is 2. The quantitative estimate of drug-likeness (QED) is 0.524. The zero-order valence-electron chi connectivity index (χ0n) is 16.7. The number of rotatable bonds is 4. The molecule has 3 aromatic heterocycles. The summed E-state index contributed by atoms with van der Waals surface area (Å²) in [7, 11) is 1.43. The lowest BCUT2D eigenvalue weighted by Gasteiger charge is -2.17. The molecule has 0 aliphatic rings. The molecule has 1 aromatic carbocycles. The average Bonchev–Trinajstić information content (AvgIpc) is 3.21. The van der Waals surface area contributed by atoms with Gasteiger partial charge in [0.25, 0.3) is 5.91 Å². The maximum absolute atomic E-state index is 12.9. The van der Waals surface area contributed by atoms with Crippen LogP contribution in [0.1, 0.15) is 26.3 Å². The number of benzene rings is 1. The monoisotopic (exact) mass is 439 g/mol. The third kappa shape index (κ3) is 3.89. The topological polar surface area (TPSA) is 93.6 Å². The Morgan fingerprint density at radius 2 is 1.72 bits per heavy atom. The van der Waals surface area contributed by atoms with Crippen LogP contribution in [0.5, 0.6) is 0 Å². The largest absolute Gasteiger partial charge is 0.417 e. The second kappa shape index (κ2) is 7.80. The highest BCUT2D eigenvalue weighted by Crippen LogP contribution is 2.30. The molecule has 0 aliphatic heterocycles. The summed E-state index contributed by atoms with van der Waals surface area (Å²) in [5.41, 5.74) is 7.18. The van der Waals surface area contributed by atoms with Crippen molar-refractivity contribution in [2.24, 2.45) is 5.73 Å². The molecule has 3 heterocycles. The minimum atomic E-state index is -4.51. The van der Waals surface area contributed by atoms with Gasteiger partial charge >= 0.3 is 6.18 Å². The average molecular weight is 439 g/mol. The number of hydrogen-bond donors (Lipinski definition) is 1. The summed E-state index contributed by atoms with van der Waals surface area (Å²) in [5, 5.41) is 4.27. The highest BCUT2D eigenvalue weighted by Gasteiger charge is 2.31. The number of alkyl halides is 3. The van der Waals surface area contributed by atoms with Crippen LogP contribution in [0.15, 0.2) is 67.1 Å². The molecule has 2 amide bonds. The van der Waals surface area contributed by atoms with Crippen LogP contribution >= 0.6 is 0 Å². The summed E-state index contributed by atoms with van der Waals surface area (Å²) in [6, 6.07) is 11.9. The van der Waals surface area contributed by atoms with Gasteiger partial charge in [-0.2, -0.15) is 18.3 Å². The van der Waals surface area contributed by atoms with Gasteiger partial charge in [-0.25, -0.2) is 9.50 Å². The Morgan fingerprint density at radius 3 is 2.31 bits per heavy atom. The van der Waals surface area contributed by atoms with Crippen molar-refractivity contribution in [1.29, 1.82) is 0 Å². The molecule has 0 saturated heterocycles. The van der Waals surface area contributed by atoms with Crippen LogP contribution in [0.4, 0.5) is 19.0 Å². The molecular formula is C22H16F3N5O2. The van der Waals surface area contributed by atoms with E-state index < -0.39 is 23.6 Å². The fraction of sp³-hybridized carbons (Fsp3) is 0.0909. The number of carbonyl (C=O) groups is 2. The van der Waals surface area contributed by atoms with Gasteiger partial charge in [0.1, 0.15) is 5.82 Å². The smallest absolute Gasteiger partial charge is 0.366 e. The molecule has 0 unspecified atom stereocenters. The summed E-state index contributed by atoms with van der Waals surface area (Å²) in [5.74, 6) is -0.904. The van der Waals surface area contributed by atoms with Gasteiger partial charge in [0.2, 0.25) is 5.91 Å². The van der Waals surface area contributed by atoms with E-state index in [-0.39, 0.29) is 5.82 Å². The van der Waals surface area contributed by atoms with Gasteiger partial charge in [0, 0.05) is 36.1 Å². The van der Waals surface area contributed by atoms with Gasteiger partial charge < -0.3 is 5.73 Å². The van der Waals surface area contributed by atoms with Crippen LogP contribution in [0.3, 0.4) is 0 Å². The number of pyridine rings is 2. The SMILES string of the molecule is CN(C(=O)c1ccn2ncc(-c3ccc(C(N)=O)cc3)c2c1)c1ccc(C(F)(F)F)cn1. The van der Waals surface area contributed by atoms with Crippen LogP contribution in [-0.2, 0) is 6.18 Å². The maximum atomic E-state index is 12.9. The minimum Gasteiger partial charge on any atom is -0.366 e. The highest BCUT2D eigenvalue weighted by atomic mass is 19.4. The van der Waals surface area contributed by atoms with E-state index in [0.29, 0.717) is 22.8 Å². The first kappa shape index (κ1) is 21.0. The molecule has 0 radical (unpaired) electrons. The lowest BCUT2D eigenvalue weighted by Crippen LogP contribution is -2.27. The summed E-state index contributed by atoms with van der Waals surface area (Å²) in [6.07, 6.45) is -0.581. The highest BCUT2D eigenvalue weighted by molar-refractivity contribution is 6.06. The molecule has 162 valence electrons. The summed E-state index contributed by atoms with van der Waals surface area (Å²) < 4.78 is 39.8.